The topological polar surface area (TPSA) is 56.2 Å². The van der Waals surface area contributed by atoms with E-state index in [-0.39, 0.29) is 12.5 Å². The number of amides is 1. The van der Waals surface area contributed by atoms with Crippen LogP contribution in [-0.2, 0) is 17.9 Å². The lowest BCUT2D eigenvalue weighted by Crippen LogP contribution is -2.28. The molecule has 0 aliphatic carbocycles. The van der Waals surface area contributed by atoms with E-state index in [0.29, 0.717) is 17.3 Å². The van der Waals surface area contributed by atoms with Crippen molar-refractivity contribution in [2.45, 2.75) is 26.9 Å². The van der Waals surface area contributed by atoms with Crippen LogP contribution < -0.4 is 10.1 Å². The number of benzene rings is 1. The van der Waals surface area contributed by atoms with Crippen molar-refractivity contribution in [2.75, 3.05) is 6.61 Å². The van der Waals surface area contributed by atoms with Gasteiger partial charge in [-0.2, -0.15) is 5.10 Å². The van der Waals surface area contributed by atoms with Crippen LogP contribution in [0.5, 0.6) is 5.75 Å². The van der Waals surface area contributed by atoms with E-state index in [2.05, 4.69) is 10.4 Å². The number of hydrogen-bond acceptors (Lipinski definition) is 3. The molecule has 1 aromatic carbocycles. The average Bonchev–Trinajstić information content (AvgIpc) is 2.85. The molecule has 2 aromatic rings. The summed E-state index contributed by atoms with van der Waals surface area (Å²) < 4.78 is 7.22. The Hall–Kier alpha value is -2.01. The molecule has 1 aromatic heterocycles. The summed E-state index contributed by atoms with van der Waals surface area (Å²) in [5.74, 6) is 0.443. The maximum absolute atomic E-state index is 11.8. The highest BCUT2D eigenvalue weighted by Gasteiger charge is 2.07. The molecule has 0 aliphatic rings. The van der Waals surface area contributed by atoms with Crippen molar-refractivity contribution in [1.82, 2.24) is 15.1 Å². The van der Waals surface area contributed by atoms with Crippen LogP contribution in [0.2, 0.25) is 5.02 Å². The molecule has 0 unspecified atom stereocenters. The van der Waals surface area contributed by atoms with Crippen molar-refractivity contribution in [1.29, 1.82) is 0 Å². The molecule has 0 saturated carbocycles. The van der Waals surface area contributed by atoms with Crippen molar-refractivity contribution in [3.05, 3.63) is 46.7 Å². The van der Waals surface area contributed by atoms with Gasteiger partial charge in [-0.1, -0.05) is 11.6 Å². The first-order valence-electron chi connectivity index (χ1n) is 6.76. The first kappa shape index (κ1) is 15.4. The fourth-order valence-electron chi connectivity index (χ4n) is 1.82. The van der Waals surface area contributed by atoms with Gasteiger partial charge >= 0.3 is 0 Å². The third-order valence-electron chi connectivity index (χ3n) is 3.03. The summed E-state index contributed by atoms with van der Waals surface area (Å²) >= 11 is 5.78. The number of carbonyl (C=O) groups excluding carboxylic acids is 1. The second kappa shape index (κ2) is 7.13. The van der Waals surface area contributed by atoms with Crippen LogP contribution in [-0.4, -0.2) is 22.3 Å². The third-order valence-corrected chi connectivity index (χ3v) is 3.28. The second-order valence-corrected chi connectivity index (χ2v) is 5.05. The van der Waals surface area contributed by atoms with Gasteiger partial charge in [-0.3, -0.25) is 9.48 Å². The predicted molar refractivity (Wildman–Crippen MR) is 81.4 cm³/mol. The number of carbonyl (C=O) groups is 1. The average molecular weight is 308 g/mol. The van der Waals surface area contributed by atoms with E-state index in [1.165, 1.54) is 0 Å². The molecule has 0 fully saturated rings. The Morgan fingerprint density at radius 2 is 2.10 bits per heavy atom. The molecule has 21 heavy (non-hydrogen) atoms. The van der Waals surface area contributed by atoms with Crippen molar-refractivity contribution >= 4 is 17.5 Å². The number of aryl methyl sites for hydroxylation is 2. The molecule has 5 nitrogen and oxygen atoms in total. The molecule has 0 spiro atoms. The summed E-state index contributed by atoms with van der Waals surface area (Å²) in [5, 5.41) is 7.78. The maximum Gasteiger partial charge on any atom is 0.258 e. The molecule has 6 heteroatoms. The number of ether oxygens (including phenoxy) is 1. The van der Waals surface area contributed by atoms with Crippen LogP contribution in [0.4, 0.5) is 0 Å². The smallest absolute Gasteiger partial charge is 0.258 e. The quantitative estimate of drug-likeness (QED) is 0.892. The Labute approximate surface area is 128 Å². The highest BCUT2D eigenvalue weighted by molar-refractivity contribution is 6.30. The second-order valence-electron chi connectivity index (χ2n) is 4.61. The number of aromatic nitrogens is 2. The molecule has 0 aliphatic heterocycles. The Morgan fingerprint density at radius 1 is 1.38 bits per heavy atom. The summed E-state index contributed by atoms with van der Waals surface area (Å²) in [6, 6.07) is 6.89. The van der Waals surface area contributed by atoms with Crippen LogP contribution >= 0.6 is 11.6 Å². The van der Waals surface area contributed by atoms with Crippen molar-refractivity contribution in [3.63, 3.8) is 0 Å². The number of rotatable bonds is 6. The molecule has 0 bridgehead atoms. The molecule has 2 rings (SSSR count). The highest BCUT2D eigenvalue weighted by atomic mass is 35.5. The predicted octanol–water partition coefficient (Wildman–Crippen LogP) is 2.56. The van der Waals surface area contributed by atoms with Crippen molar-refractivity contribution in [3.8, 4) is 5.75 Å². The van der Waals surface area contributed by atoms with Gasteiger partial charge in [0.05, 0.1) is 5.69 Å². The molecule has 0 saturated heterocycles. The van der Waals surface area contributed by atoms with E-state index in [0.717, 1.165) is 17.8 Å². The van der Waals surface area contributed by atoms with Crippen LogP contribution in [0.1, 0.15) is 18.2 Å². The standard InChI is InChI=1S/C15H18ClN3O2/c1-3-19-9-12(11(2)18-19)8-17-15(20)10-21-14-6-4-13(16)5-7-14/h4-7,9H,3,8,10H2,1-2H3,(H,17,20). The Balaban J connectivity index is 1.79. The van der Waals surface area contributed by atoms with Gasteiger partial charge < -0.3 is 10.1 Å². The maximum atomic E-state index is 11.8. The van der Waals surface area contributed by atoms with Crippen LogP contribution in [0.3, 0.4) is 0 Å². The lowest BCUT2D eigenvalue weighted by Gasteiger charge is -2.07. The zero-order valence-corrected chi connectivity index (χ0v) is 12.9. The van der Waals surface area contributed by atoms with E-state index in [1.807, 2.05) is 24.7 Å². The number of hydrogen-bond donors (Lipinski definition) is 1. The molecule has 112 valence electrons. The summed E-state index contributed by atoms with van der Waals surface area (Å²) in [4.78, 5) is 11.8. The van der Waals surface area contributed by atoms with Gasteiger partial charge in [0.1, 0.15) is 5.75 Å². The SMILES string of the molecule is CCn1cc(CNC(=O)COc2ccc(Cl)cc2)c(C)n1. The molecule has 1 N–H and O–H groups in total. The first-order valence-corrected chi connectivity index (χ1v) is 7.14. The zero-order valence-electron chi connectivity index (χ0n) is 12.1. The van der Waals surface area contributed by atoms with Crippen molar-refractivity contribution in [2.24, 2.45) is 0 Å². The molecule has 1 amide bonds. The number of nitrogens with zero attached hydrogens (tertiary/aromatic N) is 2. The fraction of sp³-hybridized carbons (Fsp3) is 0.333. The lowest BCUT2D eigenvalue weighted by atomic mass is 10.2. The van der Waals surface area contributed by atoms with E-state index < -0.39 is 0 Å². The van der Waals surface area contributed by atoms with Gasteiger partial charge in [0.25, 0.3) is 5.91 Å². The minimum absolute atomic E-state index is 0.0252. The van der Waals surface area contributed by atoms with Crippen LogP contribution in [0, 0.1) is 6.92 Å². The van der Waals surface area contributed by atoms with E-state index in [1.54, 1.807) is 24.3 Å². The van der Waals surface area contributed by atoms with E-state index >= 15 is 0 Å². The summed E-state index contributed by atoms with van der Waals surface area (Å²) in [7, 11) is 0. The van der Waals surface area contributed by atoms with Gasteiger partial charge in [0, 0.05) is 29.9 Å². The molecular weight excluding hydrogens is 290 g/mol. The normalized spacial score (nSPS) is 10.4. The molecule has 1 heterocycles. The molecular formula is C15H18ClN3O2. The van der Waals surface area contributed by atoms with Crippen LogP contribution in [0.25, 0.3) is 0 Å². The highest BCUT2D eigenvalue weighted by Crippen LogP contribution is 2.15. The van der Waals surface area contributed by atoms with Gasteiger partial charge in [-0.25, -0.2) is 0 Å². The molecule has 0 atom stereocenters. The largest absolute Gasteiger partial charge is 0.484 e. The van der Waals surface area contributed by atoms with Crippen LogP contribution in [0.15, 0.2) is 30.5 Å². The Bertz CT molecular complexity index is 608. The minimum Gasteiger partial charge on any atom is -0.484 e. The summed E-state index contributed by atoms with van der Waals surface area (Å²) in [6.07, 6.45) is 1.94. The first-order chi connectivity index (χ1) is 10.1. The Morgan fingerprint density at radius 3 is 2.71 bits per heavy atom. The zero-order chi connectivity index (χ0) is 15.2. The molecule has 0 radical (unpaired) electrons. The third kappa shape index (κ3) is 4.49. The summed E-state index contributed by atoms with van der Waals surface area (Å²) in [5.41, 5.74) is 1.94. The van der Waals surface area contributed by atoms with E-state index in [4.69, 9.17) is 16.3 Å². The van der Waals surface area contributed by atoms with Gasteiger partial charge in [-0.15, -0.1) is 0 Å². The van der Waals surface area contributed by atoms with Gasteiger partial charge in [0.2, 0.25) is 0 Å². The number of nitrogens with one attached hydrogen (secondary N) is 1. The summed E-state index contributed by atoms with van der Waals surface area (Å²) in [6.45, 7) is 5.19. The number of halogens is 1. The minimum atomic E-state index is -0.173. The fourth-order valence-corrected chi connectivity index (χ4v) is 1.95. The monoisotopic (exact) mass is 307 g/mol. The van der Waals surface area contributed by atoms with Gasteiger partial charge in [0.15, 0.2) is 6.61 Å². The lowest BCUT2D eigenvalue weighted by molar-refractivity contribution is -0.123. The van der Waals surface area contributed by atoms with Gasteiger partial charge in [-0.05, 0) is 38.1 Å². The van der Waals surface area contributed by atoms with E-state index in [9.17, 15) is 4.79 Å². The Kier molecular flexibility index (Phi) is 5.22. The van der Waals surface area contributed by atoms with Crippen molar-refractivity contribution < 1.29 is 9.53 Å².